The van der Waals surface area contributed by atoms with Crippen LogP contribution < -0.4 is 5.32 Å². The van der Waals surface area contributed by atoms with Gasteiger partial charge in [-0.1, -0.05) is 0 Å². The first kappa shape index (κ1) is 15.2. The Balaban J connectivity index is 1.92. The minimum absolute atomic E-state index is 0.186. The summed E-state index contributed by atoms with van der Waals surface area (Å²) in [6.07, 6.45) is 3.09. The highest BCUT2D eigenvalue weighted by Crippen LogP contribution is 2.21. The SMILES string of the molecule is CC(C)(C)OC(=O)N1CCCCC1CNc1ccsc1. The lowest BCUT2D eigenvalue weighted by Gasteiger charge is -2.36. The van der Waals surface area contributed by atoms with Gasteiger partial charge in [0.25, 0.3) is 0 Å². The highest BCUT2D eigenvalue weighted by Gasteiger charge is 2.30. The second kappa shape index (κ2) is 6.48. The number of amides is 1. The Hall–Kier alpha value is -1.23. The summed E-state index contributed by atoms with van der Waals surface area (Å²) in [6, 6.07) is 2.28. The van der Waals surface area contributed by atoms with Crippen molar-refractivity contribution in [3.63, 3.8) is 0 Å². The Morgan fingerprint density at radius 1 is 1.50 bits per heavy atom. The third-order valence-corrected chi connectivity index (χ3v) is 4.00. The molecule has 1 saturated heterocycles. The van der Waals surface area contributed by atoms with Crippen LogP contribution in [0.1, 0.15) is 40.0 Å². The molecule has 5 heteroatoms. The molecule has 1 amide bonds. The fourth-order valence-electron chi connectivity index (χ4n) is 2.37. The van der Waals surface area contributed by atoms with E-state index >= 15 is 0 Å². The number of ether oxygens (including phenoxy) is 1. The molecule has 0 radical (unpaired) electrons. The number of likely N-dealkylation sites (tertiary alicyclic amines) is 1. The topological polar surface area (TPSA) is 41.6 Å². The van der Waals surface area contributed by atoms with Crippen LogP contribution in [0.2, 0.25) is 0 Å². The molecule has 112 valence electrons. The van der Waals surface area contributed by atoms with Gasteiger partial charge in [-0.25, -0.2) is 4.79 Å². The highest BCUT2D eigenvalue weighted by molar-refractivity contribution is 7.08. The molecule has 1 aromatic rings. The van der Waals surface area contributed by atoms with Gasteiger partial charge in [-0.15, -0.1) is 0 Å². The van der Waals surface area contributed by atoms with Gasteiger partial charge >= 0.3 is 6.09 Å². The summed E-state index contributed by atoms with van der Waals surface area (Å²) in [7, 11) is 0. The van der Waals surface area contributed by atoms with Gasteiger partial charge in [-0.2, -0.15) is 11.3 Å². The zero-order valence-electron chi connectivity index (χ0n) is 12.5. The van der Waals surface area contributed by atoms with Crippen LogP contribution in [0.15, 0.2) is 16.8 Å². The number of anilines is 1. The Bertz CT molecular complexity index is 426. The monoisotopic (exact) mass is 296 g/mol. The van der Waals surface area contributed by atoms with Crippen LogP contribution in [-0.4, -0.2) is 35.7 Å². The van der Waals surface area contributed by atoms with E-state index in [-0.39, 0.29) is 12.1 Å². The van der Waals surface area contributed by atoms with Crippen LogP contribution in [0.25, 0.3) is 0 Å². The number of piperidine rings is 1. The number of carbonyl (C=O) groups is 1. The van der Waals surface area contributed by atoms with Gasteiger partial charge in [-0.05, 0) is 51.5 Å². The lowest BCUT2D eigenvalue weighted by Crippen LogP contribution is -2.48. The smallest absolute Gasteiger partial charge is 0.410 e. The Kier molecular flexibility index (Phi) is 4.91. The maximum atomic E-state index is 12.3. The summed E-state index contributed by atoms with van der Waals surface area (Å²) in [5.74, 6) is 0. The molecule has 0 bridgehead atoms. The number of thiophene rings is 1. The molecular formula is C15H24N2O2S. The number of nitrogens with one attached hydrogen (secondary N) is 1. The van der Waals surface area contributed by atoms with Gasteiger partial charge in [-0.3, -0.25) is 0 Å². The first-order chi connectivity index (χ1) is 9.46. The molecule has 2 heterocycles. The second-order valence-electron chi connectivity index (χ2n) is 6.22. The quantitative estimate of drug-likeness (QED) is 0.918. The summed E-state index contributed by atoms with van der Waals surface area (Å²) in [5, 5.41) is 7.54. The highest BCUT2D eigenvalue weighted by atomic mass is 32.1. The first-order valence-electron chi connectivity index (χ1n) is 7.21. The standard InChI is InChI=1S/C15H24N2O2S/c1-15(2,3)19-14(18)17-8-5-4-6-13(17)10-16-12-7-9-20-11-12/h7,9,11,13,16H,4-6,8,10H2,1-3H3. The third-order valence-electron chi connectivity index (χ3n) is 3.32. The normalized spacial score (nSPS) is 19.8. The molecule has 1 fully saturated rings. The molecule has 1 atom stereocenters. The first-order valence-corrected chi connectivity index (χ1v) is 8.16. The Labute approximate surface area is 125 Å². The second-order valence-corrected chi connectivity index (χ2v) is 7.00. The molecule has 1 aromatic heterocycles. The van der Waals surface area contributed by atoms with Gasteiger partial charge in [0.1, 0.15) is 5.60 Å². The van der Waals surface area contributed by atoms with E-state index in [2.05, 4.69) is 22.1 Å². The van der Waals surface area contributed by atoms with Crippen LogP contribution in [0.3, 0.4) is 0 Å². The van der Waals surface area contributed by atoms with Crippen molar-refractivity contribution in [3.8, 4) is 0 Å². The molecule has 2 rings (SSSR count). The number of rotatable bonds is 3. The molecule has 0 saturated carbocycles. The van der Waals surface area contributed by atoms with E-state index in [1.807, 2.05) is 25.7 Å². The summed E-state index contributed by atoms with van der Waals surface area (Å²) in [6.45, 7) is 7.31. The molecule has 1 aliphatic heterocycles. The average Bonchev–Trinajstić information content (AvgIpc) is 2.87. The lowest BCUT2D eigenvalue weighted by atomic mass is 10.0. The van der Waals surface area contributed by atoms with Crippen LogP contribution in [0.5, 0.6) is 0 Å². The van der Waals surface area contributed by atoms with Crippen LogP contribution in [-0.2, 0) is 4.74 Å². The molecule has 0 aromatic carbocycles. The van der Waals surface area contributed by atoms with E-state index in [0.29, 0.717) is 0 Å². The summed E-state index contributed by atoms with van der Waals surface area (Å²) >= 11 is 1.67. The average molecular weight is 296 g/mol. The van der Waals surface area contributed by atoms with Gasteiger partial charge in [0.15, 0.2) is 0 Å². The maximum absolute atomic E-state index is 12.3. The zero-order chi connectivity index (χ0) is 14.6. The molecule has 1 N–H and O–H groups in total. The van der Waals surface area contributed by atoms with Crippen LogP contribution in [0.4, 0.5) is 10.5 Å². The van der Waals surface area contributed by atoms with Gasteiger partial charge in [0, 0.05) is 24.2 Å². The van der Waals surface area contributed by atoms with Crippen molar-refractivity contribution in [2.75, 3.05) is 18.4 Å². The van der Waals surface area contributed by atoms with Crippen molar-refractivity contribution in [2.45, 2.75) is 51.7 Å². The van der Waals surface area contributed by atoms with Crippen molar-refractivity contribution in [3.05, 3.63) is 16.8 Å². The van der Waals surface area contributed by atoms with Crippen LogP contribution >= 0.6 is 11.3 Å². The van der Waals surface area contributed by atoms with Crippen LogP contribution in [0, 0.1) is 0 Å². The van der Waals surface area contributed by atoms with Gasteiger partial charge < -0.3 is 15.0 Å². The Morgan fingerprint density at radius 2 is 2.30 bits per heavy atom. The molecule has 4 nitrogen and oxygen atoms in total. The molecule has 0 aliphatic carbocycles. The van der Waals surface area contributed by atoms with Crippen molar-refractivity contribution in [1.29, 1.82) is 0 Å². The van der Waals surface area contributed by atoms with E-state index in [9.17, 15) is 4.79 Å². The number of hydrogen-bond acceptors (Lipinski definition) is 4. The fraction of sp³-hybridized carbons (Fsp3) is 0.667. The van der Waals surface area contributed by atoms with E-state index < -0.39 is 5.60 Å². The van der Waals surface area contributed by atoms with Crippen molar-refractivity contribution < 1.29 is 9.53 Å². The van der Waals surface area contributed by atoms with Gasteiger partial charge in [0.05, 0.1) is 6.04 Å². The molecule has 20 heavy (non-hydrogen) atoms. The predicted molar refractivity (Wildman–Crippen MR) is 83.4 cm³/mol. The van der Waals surface area contributed by atoms with E-state index in [1.54, 1.807) is 11.3 Å². The molecular weight excluding hydrogens is 272 g/mol. The van der Waals surface area contributed by atoms with Gasteiger partial charge in [0.2, 0.25) is 0 Å². The lowest BCUT2D eigenvalue weighted by molar-refractivity contribution is 0.0114. The Morgan fingerprint density at radius 3 is 2.95 bits per heavy atom. The fourth-order valence-corrected chi connectivity index (χ4v) is 2.99. The molecule has 1 unspecified atom stereocenters. The van der Waals surface area contributed by atoms with E-state index in [0.717, 1.165) is 31.6 Å². The largest absolute Gasteiger partial charge is 0.444 e. The molecule has 0 spiro atoms. The third kappa shape index (κ3) is 4.40. The zero-order valence-corrected chi connectivity index (χ0v) is 13.3. The minimum atomic E-state index is -0.431. The summed E-state index contributed by atoms with van der Waals surface area (Å²) < 4.78 is 5.51. The minimum Gasteiger partial charge on any atom is -0.444 e. The maximum Gasteiger partial charge on any atom is 0.410 e. The summed E-state index contributed by atoms with van der Waals surface area (Å²) in [4.78, 5) is 14.1. The van der Waals surface area contributed by atoms with Crippen molar-refractivity contribution in [2.24, 2.45) is 0 Å². The molecule has 1 aliphatic rings. The number of hydrogen-bond donors (Lipinski definition) is 1. The number of nitrogens with zero attached hydrogens (tertiary/aromatic N) is 1. The van der Waals surface area contributed by atoms with Crippen molar-refractivity contribution in [1.82, 2.24) is 4.90 Å². The van der Waals surface area contributed by atoms with E-state index in [4.69, 9.17) is 4.74 Å². The van der Waals surface area contributed by atoms with Crippen molar-refractivity contribution >= 4 is 23.1 Å². The predicted octanol–water partition coefficient (Wildman–Crippen LogP) is 3.95. The van der Waals surface area contributed by atoms with E-state index in [1.165, 1.54) is 6.42 Å². The number of carbonyl (C=O) groups excluding carboxylic acids is 1. The summed E-state index contributed by atoms with van der Waals surface area (Å²) in [5.41, 5.74) is 0.699.